The van der Waals surface area contributed by atoms with Gasteiger partial charge < -0.3 is 25.4 Å². The molecule has 3 aliphatic heterocycles. The molecule has 8 nitrogen and oxygen atoms in total. The van der Waals surface area contributed by atoms with E-state index in [0.717, 1.165) is 64.2 Å². The van der Waals surface area contributed by atoms with E-state index in [0.29, 0.717) is 31.5 Å². The summed E-state index contributed by atoms with van der Waals surface area (Å²) in [6, 6.07) is 0. The Bertz CT molecular complexity index is 890. The first-order chi connectivity index (χ1) is 20.4. The number of rotatable bonds is 11. The van der Waals surface area contributed by atoms with Gasteiger partial charge in [0.05, 0.1) is 0 Å². The van der Waals surface area contributed by atoms with Crippen molar-refractivity contribution in [2.45, 2.75) is 218 Å². The molecular formula is C37H69N3O5. The molecule has 0 aliphatic carbocycles. The number of hydrogen-bond donors (Lipinski definition) is 3. The first-order valence-electron chi connectivity index (χ1n) is 17.7. The van der Waals surface area contributed by atoms with E-state index < -0.39 is 0 Å². The molecule has 3 heterocycles. The first kappa shape index (κ1) is 39.7. The SMILES string of the molecule is CC1(C)CC(=O)CC(C)(C)N1.CC1(C)CC(OC(=O)CCCCCCCCC(=O)OC2CC(C)(C)NC(C)(C)C2)CC(C)(C)N1. The molecule has 262 valence electrons. The summed E-state index contributed by atoms with van der Waals surface area (Å²) < 4.78 is 11.6. The second-order valence-corrected chi connectivity index (χ2v) is 18.2. The Morgan fingerprint density at radius 1 is 0.511 bits per heavy atom. The molecule has 3 fully saturated rings. The van der Waals surface area contributed by atoms with Crippen LogP contribution in [0.1, 0.15) is 173 Å². The van der Waals surface area contributed by atoms with Gasteiger partial charge in [-0.05, 0) is 95.9 Å². The van der Waals surface area contributed by atoms with E-state index in [1.807, 2.05) is 0 Å². The van der Waals surface area contributed by atoms with Crippen LogP contribution in [-0.2, 0) is 23.9 Å². The fraction of sp³-hybridized carbons (Fsp3) is 0.919. The zero-order chi connectivity index (χ0) is 34.3. The summed E-state index contributed by atoms with van der Waals surface area (Å²) in [7, 11) is 0. The standard InChI is InChI=1S/C28H52N2O4.C9H17NO/c1-25(2)17-21(18-26(3,4)29-25)33-23(31)15-13-11-9-10-12-14-16-24(32)34-22-19-27(5,6)30-28(7,8)20-22;1-8(2)5-7(11)6-9(3,4)10-8/h21-22,29-30H,9-20H2,1-8H3;10H,5-6H2,1-4H3. The molecule has 0 unspecified atom stereocenters. The van der Waals surface area contributed by atoms with Gasteiger partial charge in [0, 0.05) is 84.6 Å². The van der Waals surface area contributed by atoms with Gasteiger partial charge in [0.1, 0.15) is 18.0 Å². The zero-order valence-electron chi connectivity index (χ0n) is 31.1. The van der Waals surface area contributed by atoms with E-state index in [4.69, 9.17) is 9.47 Å². The number of hydrogen-bond acceptors (Lipinski definition) is 8. The van der Waals surface area contributed by atoms with Crippen LogP contribution in [0.5, 0.6) is 0 Å². The number of unbranched alkanes of at least 4 members (excludes halogenated alkanes) is 5. The van der Waals surface area contributed by atoms with Crippen molar-refractivity contribution < 1.29 is 23.9 Å². The molecule has 0 aromatic rings. The molecule has 0 aromatic carbocycles. The number of ether oxygens (including phenoxy) is 2. The van der Waals surface area contributed by atoms with Crippen molar-refractivity contribution >= 4 is 17.7 Å². The molecule has 0 saturated carbocycles. The van der Waals surface area contributed by atoms with Gasteiger partial charge in [0.15, 0.2) is 0 Å². The number of Topliss-reactive ketones (excluding diaryl/α,β-unsaturated/α-hetero) is 1. The maximum absolute atomic E-state index is 12.3. The third kappa shape index (κ3) is 16.2. The van der Waals surface area contributed by atoms with E-state index in [-0.39, 0.29) is 57.4 Å². The Kier molecular flexibility index (Phi) is 13.7. The van der Waals surface area contributed by atoms with E-state index in [2.05, 4.69) is 99.0 Å². The Morgan fingerprint density at radius 3 is 1.07 bits per heavy atom. The molecule has 0 atom stereocenters. The summed E-state index contributed by atoms with van der Waals surface area (Å²) in [5, 5.41) is 10.7. The van der Waals surface area contributed by atoms with Gasteiger partial charge in [-0.25, -0.2) is 0 Å². The highest BCUT2D eigenvalue weighted by Gasteiger charge is 2.40. The molecule has 3 rings (SSSR count). The van der Waals surface area contributed by atoms with Crippen LogP contribution in [0.25, 0.3) is 0 Å². The Labute approximate surface area is 275 Å². The maximum Gasteiger partial charge on any atom is 0.306 e. The molecule has 0 aromatic heterocycles. The second-order valence-electron chi connectivity index (χ2n) is 18.2. The molecule has 8 heteroatoms. The number of ketones is 1. The summed E-state index contributed by atoms with van der Waals surface area (Å²) in [4.78, 5) is 35.8. The molecule has 0 amide bonds. The monoisotopic (exact) mass is 636 g/mol. The number of nitrogens with one attached hydrogen (secondary N) is 3. The quantitative estimate of drug-likeness (QED) is 0.160. The average molecular weight is 636 g/mol. The minimum absolute atomic E-state index is 0.000484. The van der Waals surface area contributed by atoms with E-state index in [9.17, 15) is 14.4 Å². The lowest BCUT2D eigenvalue weighted by atomic mass is 9.81. The molecule has 3 N–H and O–H groups in total. The highest BCUT2D eigenvalue weighted by atomic mass is 16.5. The van der Waals surface area contributed by atoms with Crippen molar-refractivity contribution in [3.8, 4) is 0 Å². The van der Waals surface area contributed by atoms with E-state index in [1.165, 1.54) is 0 Å². The fourth-order valence-electron chi connectivity index (χ4n) is 8.41. The van der Waals surface area contributed by atoms with Gasteiger partial charge >= 0.3 is 11.9 Å². The van der Waals surface area contributed by atoms with Crippen LogP contribution in [0.15, 0.2) is 0 Å². The fourth-order valence-corrected chi connectivity index (χ4v) is 8.41. The predicted molar refractivity (Wildman–Crippen MR) is 183 cm³/mol. The third-order valence-corrected chi connectivity index (χ3v) is 8.87. The smallest absolute Gasteiger partial charge is 0.306 e. The van der Waals surface area contributed by atoms with Crippen molar-refractivity contribution in [2.24, 2.45) is 0 Å². The third-order valence-electron chi connectivity index (χ3n) is 8.87. The van der Waals surface area contributed by atoms with Crippen molar-refractivity contribution in [1.82, 2.24) is 16.0 Å². The highest BCUT2D eigenvalue weighted by molar-refractivity contribution is 5.81. The predicted octanol–water partition coefficient (Wildman–Crippen LogP) is 7.31. The lowest BCUT2D eigenvalue weighted by Crippen LogP contribution is -2.59. The molecule has 0 radical (unpaired) electrons. The van der Waals surface area contributed by atoms with Gasteiger partial charge in [-0.3, -0.25) is 14.4 Å². The van der Waals surface area contributed by atoms with Gasteiger partial charge in [0.25, 0.3) is 0 Å². The van der Waals surface area contributed by atoms with Crippen molar-refractivity contribution in [2.75, 3.05) is 0 Å². The molecular weight excluding hydrogens is 566 g/mol. The van der Waals surface area contributed by atoms with Gasteiger partial charge in [-0.15, -0.1) is 0 Å². The average Bonchev–Trinajstić information content (AvgIpc) is 2.74. The first-order valence-corrected chi connectivity index (χ1v) is 17.7. The van der Waals surface area contributed by atoms with Crippen LogP contribution in [0.4, 0.5) is 0 Å². The van der Waals surface area contributed by atoms with Crippen LogP contribution in [-0.4, -0.2) is 63.2 Å². The summed E-state index contributed by atoms with van der Waals surface area (Å²) >= 11 is 0. The summed E-state index contributed by atoms with van der Waals surface area (Å²) in [5.74, 6) is 0.245. The van der Waals surface area contributed by atoms with Crippen molar-refractivity contribution in [3.05, 3.63) is 0 Å². The normalized spacial score (nSPS) is 25.0. The van der Waals surface area contributed by atoms with Crippen LogP contribution in [0.3, 0.4) is 0 Å². The number of esters is 2. The second kappa shape index (κ2) is 15.6. The van der Waals surface area contributed by atoms with E-state index in [1.54, 1.807) is 0 Å². The molecule has 3 aliphatic rings. The van der Waals surface area contributed by atoms with Crippen LogP contribution in [0, 0.1) is 0 Å². The maximum atomic E-state index is 12.3. The van der Waals surface area contributed by atoms with Crippen LogP contribution in [0.2, 0.25) is 0 Å². The molecule has 45 heavy (non-hydrogen) atoms. The van der Waals surface area contributed by atoms with Crippen molar-refractivity contribution in [3.63, 3.8) is 0 Å². The minimum atomic E-state index is -0.0643. The largest absolute Gasteiger partial charge is 0.462 e. The Morgan fingerprint density at radius 2 is 0.778 bits per heavy atom. The number of carbonyl (C=O) groups is 3. The molecule has 3 saturated heterocycles. The summed E-state index contributed by atoms with van der Waals surface area (Å²) in [6.45, 7) is 25.7. The lowest BCUT2D eigenvalue weighted by molar-refractivity contribution is -0.154. The Hall–Kier alpha value is -1.51. The van der Waals surface area contributed by atoms with Crippen LogP contribution >= 0.6 is 0 Å². The van der Waals surface area contributed by atoms with Gasteiger partial charge in [-0.1, -0.05) is 25.7 Å². The molecule has 0 bridgehead atoms. The highest BCUT2D eigenvalue weighted by Crippen LogP contribution is 2.32. The number of carbonyl (C=O) groups excluding carboxylic acids is 3. The summed E-state index contributed by atoms with van der Waals surface area (Å²) in [5.41, 5.74) is -0.0860. The minimum Gasteiger partial charge on any atom is -0.462 e. The summed E-state index contributed by atoms with van der Waals surface area (Å²) in [6.07, 6.45) is 11.8. The Balaban J connectivity index is 0.000000537. The van der Waals surface area contributed by atoms with Crippen molar-refractivity contribution in [1.29, 1.82) is 0 Å². The lowest BCUT2D eigenvalue weighted by Gasteiger charge is -2.46. The molecule has 0 spiro atoms. The van der Waals surface area contributed by atoms with Crippen LogP contribution < -0.4 is 16.0 Å². The topological polar surface area (TPSA) is 106 Å². The number of piperidine rings is 3. The van der Waals surface area contributed by atoms with Gasteiger partial charge in [-0.2, -0.15) is 0 Å². The van der Waals surface area contributed by atoms with E-state index >= 15 is 0 Å². The van der Waals surface area contributed by atoms with Gasteiger partial charge in [0.2, 0.25) is 0 Å². The zero-order valence-corrected chi connectivity index (χ0v) is 31.1.